The van der Waals surface area contributed by atoms with Crippen LogP contribution in [-0.2, 0) is 6.54 Å². The Morgan fingerprint density at radius 1 is 1.15 bits per heavy atom. The number of amides is 1. The quantitative estimate of drug-likeness (QED) is 0.589. The number of benzene rings is 2. The molecule has 0 saturated carbocycles. The van der Waals surface area contributed by atoms with E-state index in [1.54, 1.807) is 59.5 Å². The number of halogens is 1. The number of nitrogens with zero attached hydrogens (tertiary/aromatic N) is 4. The van der Waals surface area contributed by atoms with Crippen LogP contribution in [0.3, 0.4) is 0 Å². The molecule has 4 rings (SSSR count). The SMILES string of the molecule is O=C(NCc1nc(-c2ccccc2F)no1)c1cccc(-n2cccn2)c1. The number of nitrogens with one attached hydrogen (secondary N) is 1. The second-order valence-corrected chi connectivity index (χ2v) is 5.68. The molecule has 1 amide bonds. The molecule has 0 spiro atoms. The molecule has 0 atom stereocenters. The van der Waals surface area contributed by atoms with Gasteiger partial charge in [0.25, 0.3) is 5.91 Å². The number of hydrogen-bond acceptors (Lipinski definition) is 5. The third-order valence-electron chi connectivity index (χ3n) is 3.86. The molecule has 0 bridgehead atoms. The Labute approximate surface area is 153 Å². The van der Waals surface area contributed by atoms with E-state index >= 15 is 0 Å². The number of carbonyl (C=O) groups is 1. The summed E-state index contributed by atoms with van der Waals surface area (Å²) in [6.45, 7) is 0.0340. The van der Waals surface area contributed by atoms with Gasteiger partial charge in [-0.05, 0) is 36.4 Å². The number of hydrogen-bond donors (Lipinski definition) is 1. The van der Waals surface area contributed by atoms with Crippen molar-refractivity contribution in [2.75, 3.05) is 0 Å². The smallest absolute Gasteiger partial charge is 0.251 e. The van der Waals surface area contributed by atoms with Crippen molar-refractivity contribution in [1.82, 2.24) is 25.2 Å². The zero-order chi connectivity index (χ0) is 18.6. The summed E-state index contributed by atoms with van der Waals surface area (Å²) < 4.78 is 20.5. The summed E-state index contributed by atoms with van der Waals surface area (Å²) in [4.78, 5) is 16.5. The van der Waals surface area contributed by atoms with Crippen LogP contribution >= 0.6 is 0 Å². The van der Waals surface area contributed by atoms with E-state index in [-0.39, 0.29) is 29.7 Å². The van der Waals surface area contributed by atoms with Gasteiger partial charge in [-0.1, -0.05) is 23.4 Å². The average molecular weight is 363 g/mol. The minimum Gasteiger partial charge on any atom is -0.343 e. The number of carbonyl (C=O) groups excluding carboxylic acids is 1. The molecule has 0 saturated heterocycles. The van der Waals surface area contributed by atoms with Crippen molar-refractivity contribution >= 4 is 5.91 Å². The van der Waals surface area contributed by atoms with Gasteiger partial charge in [0.1, 0.15) is 5.82 Å². The van der Waals surface area contributed by atoms with Gasteiger partial charge >= 0.3 is 0 Å². The van der Waals surface area contributed by atoms with Gasteiger partial charge in [0.2, 0.25) is 11.7 Å². The molecule has 0 radical (unpaired) electrons. The molecule has 27 heavy (non-hydrogen) atoms. The topological polar surface area (TPSA) is 85.8 Å². The maximum Gasteiger partial charge on any atom is 0.251 e. The maximum absolute atomic E-state index is 13.8. The molecule has 134 valence electrons. The largest absolute Gasteiger partial charge is 0.343 e. The van der Waals surface area contributed by atoms with Crippen molar-refractivity contribution in [3.8, 4) is 17.1 Å². The molecule has 7 nitrogen and oxygen atoms in total. The van der Waals surface area contributed by atoms with Gasteiger partial charge in [-0.3, -0.25) is 4.79 Å². The fourth-order valence-electron chi connectivity index (χ4n) is 2.55. The Bertz CT molecular complexity index is 1080. The minimum atomic E-state index is -0.440. The summed E-state index contributed by atoms with van der Waals surface area (Å²) in [5, 5.41) is 10.6. The first-order chi connectivity index (χ1) is 13.2. The van der Waals surface area contributed by atoms with E-state index in [9.17, 15) is 9.18 Å². The van der Waals surface area contributed by atoms with Gasteiger partial charge in [0, 0.05) is 18.0 Å². The van der Waals surface area contributed by atoms with Gasteiger partial charge in [0.05, 0.1) is 17.8 Å². The van der Waals surface area contributed by atoms with Gasteiger partial charge in [0.15, 0.2) is 0 Å². The Hall–Kier alpha value is -3.81. The molecule has 2 heterocycles. The van der Waals surface area contributed by atoms with E-state index < -0.39 is 5.82 Å². The van der Waals surface area contributed by atoms with Crippen LogP contribution in [0.15, 0.2) is 71.5 Å². The lowest BCUT2D eigenvalue weighted by Gasteiger charge is -2.05. The molecular formula is C19H14FN5O2. The first kappa shape index (κ1) is 16.6. The van der Waals surface area contributed by atoms with E-state index in [1.165, 1.54) is 6.07 Å². The molecule has 0 aliphatic heterocycles. The van der Waals surface area contributed by atoms with Crippen LogP contribution in [0.25, 0.3) is 17.1 Å². The molecule has 1 N–H and O–H groups in total. The van der Waals surface area contributed by atoms with Crippen LogP contribution in [0.4, 0.5) is 4.39 Å². The lowest BCUT2D eigenvalue weighted by molar-refractivity contribution is 0.0946. The van der Waals surface area contributed by atoms with E-state index in [4.69, 9.17) is 4.52 Å². The Morgan fingerprint density at radius 2 is 2.04 bits per heavy atom. The predicted octanol–water partition coefficient (Wildman–Crippen LogP) is 2.99. The Morgan fingerprint density at radius 3 is 2.85 bits per heavy atom. The summed E-state index contributed by atoms with van der Waals surface area (Å²) in [5.74, 6) is -0.415. The van der Waals surface area contributed by atoms with Crippen molar-refractivity contribution in [3.63, 3.8) is 0 Å². The fraction of sp³-hybridized carbons (Fsp3) is 0.0526. The van der Waals surface area contributed by atoms with Crippen LogP contribution in [-0.4, -0.2) is 25.8 Å². The van der Waals surface area contributed by atoms with Crippen LogP contribution in [0, 0.1) is 5.82 Å². The summed E-state index contributed by atoms with van der Waals surface area (Å²) >= 11 is 0. The second-order valence-electron chi connectivity index (χ2n) is 5.68. The van der Waals surface area contributed by atoms with Crippen molar-refractivity contribution in [3.05, 3.63) is 84.3 Å². The van der Waals surface area contributed by atoms with E-state index in [2.05, 4.69) is 20.6 Å². The first-order valence-corrected chi connectivity index (χ1v) is 8.16. The van der Waals surface area contributed by atoms with Crippen LogP contribution < -0.4 is 5.32 Å². The maximum atomic E-state index is 13.8. The summed E-state index contributed by atoms with van der Waals surface area (Å²) in [5.41, 5.74) is 1.48. The number of rotatable bonds is 5. The van der Waals surface area contributed by atoms with Crippen LogP contribution in [0.2, 0.25) is 0 Å². The molecular weight excluding hydrogens is 349 g/mol. The molecule has 0 aliphatic carbocycles. The van der Waals surface area contributed by atoms with Crippen LogP contribution in [0.5, 0.6) is 0 Å². The standard InChI is InChI=1S/C19H14FN5O2/c20-16-8-2-1-7-15(16)18-23-17(27-24-18)12-21-19(26)13-5-3-6-14(11-13)25-10-4-9-22-25/h1-11H,12H2,(H,21,26). The van der Waals surface area contributed by atoms with Crippen LogP contribution in [0.1, 0.15) is 16.2 Å². The lowest BCUT2D eigenvalue weighted by Crippen LogP contribution is -2.23. The highest BCUT2D eigenvalue weighted by atomic mass is 19.1. The summed E-state index contributed by atoms with van der Waals surface area (Å²) in [7, 11) is 0. The van der Waals surface area contributed by atoms with Crippen molar-refractivity contribution < 1.29 is 13.7 Å². The zero-order valence-electron chi connectivity index (χ0n) is 14.0. The third kappa shape index (κ3) is 3.59. The van der Waals surface area contributed by atoms with E-state index in [0.29, 0.717) is 5.56 Å². The monoisotopic (exact) mass is 363 g/mol. The van der Waals surface area contributed by atoms with Gasteiger partial charge in [-0.15, -0.1) is 0 Å². The normalized spacial score (nSPS) is 10.7. The molecule has 8 heteroatoms. The highest BCUT2D eigenvalue weighted by molar-refractivity contribution is 5.94. The van der Waals surface area contributed by atoms with E-state index in [1.807, 2.05) is 6.07 Å². The van der Waals surface area contributed by atoms with Gasteiger partial charge in [-0.25, -0.2) is 9.07 Å². The molecule has 0 fully saturated rings. The third-order valence-corrected chi connectivity index (χ3v) is 3.86. The predicted molar refractivity (Wildman–Crippen MR) is 94.4 cm³/mol. The van der Waals surface area contributed by atoms with Gasteiger partial charge < -0.3 is 9.84 Å². The van der Waals surface area contributed by atoms with Gasteiger partial charge in [-0.2, -0.15) is 10.1 Å². The Balaban J connectivity index is 1.44. The summed E-state index contributed by atoms with van der Waals surface area (Å²) in [6, 6.07) is 15.0. The summed E-state index contributed by atoms with van der Waals surface area (Å²) in [6.07, 6.45) is 3.45. The Kier molecular flexibility index (Phi) is 4.44. The fourth-order valence-corrected chi connectivity index (χ4v) is 2.55. The lowest BCUT2D eigenvalue weighted by atomic mass is 10.2. The average Bonchev–Trinajstić information content (AvgIpc) is 3.39. The van der Waals surface area contributed by atoms with Crippen molar-refractivity contribution in [2.45, 2.75) is 6.54 Å². The zero-order valence-corrected chi connectivity index (χ0v) is 14.0. The second kappa shape index (κ2) is 7.20. The highest BCUT2D eigenvalue weighted by Crippen LogP contribution is 2.19. The van der Waals surface area contributed by atoms with Crippen molar-refractivity contribution in [1.29, 1.82) is 0 Å². The van der Waals surface area contributed by atoms with E-state index in [0.717, 1.165) is 5.69 Å². The molecule has 4 aromatic rings. The molecule has 2 aromatic carbocycles. The molecule has 0 unspecified atom stereocenters. The number of aromatic nitrogens is 4. The first-order valence-electron chi connectivity index (χ1n) is 8.16. The minimum absolute atomic E-state index is 0.0340. The van der Waals surface area contributed by atoms with Crippen molar-refractivity contribution in [2.24, 2.45) is 0 Å². The molecule has 0 aliphatic rings. The highest BCUT2D eigenvalue weighted by Gasteiger charge is 2.14. The molecule has 2 aromatic heterocycles.